The van der Waals surface area contributed by atoms with Crippen LogP contribution in [0.1, 0.15) is 29.5 Å². The van der Waals surface area contributed by atoms with Gasteiger partial charge in [0.05, 0.1) is 10.7 Å². The number of anilines is 1. The van der Waals surface area contributed by atoms with Crippen LogP contribution in [0.5, 0.6) is 11.5 Å². The van der Waals surface area contributed by atoms with E-state index >= 15 is 0 Å². The van der Waals surface area contributed by atoms with Crippen molar-refractivity contribution >= 4 is 29.0 Å². The van der Waals surface area contributed by atoms with Gasteiger partial charge in [-0.3, -0.25) is 4.79 Å². The van der Waals surface area contributed by atoms with E-state index in [0.717, 1.165) is 5.01 Å². The molecule has 0 saturated heterocycles. The molecule has 7 heteroatoms. The number of ether oxygens (including phenoxy) is 2. The number of nitrogens with zero attached hydrogens (tertiary/aromatic N) is 2. The Labute approximate surface area is 148 Å². The summed E-state index contributed by atoms with van der Waals surface area (Å²) < 4.78 is 10.9. The second-order valence-corrected chi connectivity index (χ2v) is 6.76. The summed E-state index contributed by atoms with van der Waals surface area (Å²) in [7, 11) is 0. The van der Waals surface area contributed by atoms with Crippen molar-refractivity contribution in [2.75, 3.05) is 18.5 Å². The summed E-state index contributed by atoms with van der Waals surface area (Å²) in [5.41, 5.74) is 1.22. The van der Waals surface area contributed by atoms with Crippen LogP contribution >= 0.6 is 11.3 Å². The number of nitriles is 1. The number of hydrogen-bond donors (Lipinski definition) is 1. The number of rotatable bonds is 4. The van der Waals surface area contributed by atoms with Crippen LogP contribution in [0.15, 0.2) is 29.2 Å². The zero-order valence-corrected chi connectivity index (χ0v) is 14.1. The van der Waals surface area contributed by atoms with Gasteiger partial charge in [-0.15, -0.1) is 11.3 Å². The molecule has 2 aliphatic rings. The molecule has 2 aromatic rings. The Hall–Kier alpha value is -2.85. The second-order valence-electron chi connectivity index (χ2n) is 5.87. The lowest BCUT2D eigenvalue weighted by atomic mass is 10.2. The Balaban J connectivity index is 1.50. The Morgan fingerprint density at radius 2 is 2.12 bits per heavy atom. The number of carbonyl (C=O) groups excluding carboxylic acids is 1. The summed E-state index contributed by atoms with van der Waals surface area (Å²) in [5, 5.41) is 15.0. The van der Waals surface area contributed by atoms with Crippen molar-refractivity contribution in [2.24, 2.45) is 0 Å². The van der Waals surface area contributed by atoms with Crippen molar-refractivity contribution in [2.45, 2.75) is 18.8 Å². The van der Waals surface area contributed by atoms with E-state index in [9.17, 15) is 10.1 Å². The first-order chi connectivity index (χ1) is 12.2. The molecule has 1 N–H and O–H groups in total. The predicted octanol–water partition coefficient (Wildman–Crippen LogP) is 3.34. The third-order valence-electron chi connectivity index (χ3n) is 3.92. The molecule has 6 nitrogen and oxygen atoms in total. The van der Waals surface area contributed by atoms with Crippen molar-refractivity contribution < 1.29 is 14.3 Å². The van der Waals surface area contributed by atoms with Crippen LogP contribution < -0.4 is 14.8 Å². The van der Waals surface area contributed by atoms with Gasteiger partial charge in [0, 0.05) is 23.1 Å². The smallest absolute Gasteiger partial charge is 0.266 e. The van der Waals surface area contributed by atoms with Gasteiger partial charge in [-0.05, 0) is 31.1 Å². The first-order valence-electron chi connectivity index (χ1n) is 8.01. The molecular formula is C18H15N3O3S. The number of thiazole rings is 1. The molecule has 0 unspecified atom stereocenters. The maximum Gasteiger partial charge on any atom is 0.266 e. The van der Waals surface area contributed by atoms with Crippen molar-refractivity contribution in [1.82, 2.24) is 4.98 Å². The number of hydrogen-bond acceptors (Lipinski definition) is 6. The first kappa shape index (κ1) is 15.7. The summed E-state index contributed by atoms with van der Waals surface area (Å²) in [6.45, 7) is 0.984. The van der Waals surface area contributed by atoms with E-state index in [1.165, 1.54) is 18.9 Å². The van der Waals surface area contributed by atoms with Crippen LogP contribution in [0.2, 0.25) is 0 Å². The summed E-state index contributed by atoms with van der Waals surface area (Å²) in [4.78, 5) is 16.9. The third-order valence-corrected chi connectivity index (χ3v) is 4.95. The number of nitrogens with one attached hydrogen (secondary N) is 1. The fourth-order valence-electron chi connectivity index (χ4n) is 2.50. The molecule has 0 atom stereocenters. The molecule has 25 heavy (non-hydrogen) atoms. The van der Waals surface area contributed by atoms with Crippen LogP contribution in [0.3, 0.4) is 0 Å². The van der Waals surface area contributed by atoms with E-state index in [-0.39, 0.29) is 5.57 Å². The van der Waals surface area contributed by atoms with Gasteiger partial charge in [0.1, 0.15) is 24.9 Å². The van der Waals surface area contributed by atoms with E-state index in [0.29, 0.717) is 42.0 Å². The third kappa shape index (κ3) is 3.49. The maximum absolute atomic E-state index is 12.4. The fraction of sp³-hybridized carbons (Fsp3) is 0.278. The molecule has 0 spiro atoms. The molecule has 1 aromatic carbocycles. The van der Waals surface area contributed by atoms with Crippen LogP contribution in [-0.2, 0) is 4.79 Å². The molecule has 1 aromatic heterocycles. The van der Waals surface area contributed by atoms with E-state index in [1.54, 1.807) is 29.5 Å². The topological polar surface area (TPSA) is 84.2 Å². The number of amides is 1. The highest BCUT2D eigenvalue weighted by Crippen LogP contribution is 2.41. The normalized spacial score (nSPS) is 16.2. The lowest BCUT2D eigenvalue weighted by molar-refractivity contribution is -0.112. The average molecular weight is 353 g/mol. The lowest BCUT2D eigenvalue weighted by Gasteiger charge is -2.18. The molecule has 4 rings (SSSR count). The maximum atomic E-state index is 12.4. The average Bonchev–Trinajstić information content (AvgIpc) is 3.38. The quantitative estimate of drug-likeness (QED) is 0.673. The molecule has 1 saturated carbocycles. The highest BCUT2D eigenvalue weighted by atomic mass is 32.1. The Bertz CT molecular complexity index is 893. The van der Waals surface area contributed by atoms with Crippen LogP contribution in [0, 0.1) is 11.3 Å². The molecule has 126 valence electrons. The lowest BCUT2D eigenvalue weighted by Crippen LogP contribution is -2.17. The van der Waals surface area contributed by atoms with Gasteiger partial charge in [0.25, 0.3) is 5.91 Å². The predicted molar refractivity (Wildman–Crippen MR) is 93.7 cm³/mol. The first-order valence-corrected chi connectivity index (χ1v) is 8.89. The van der Waals surface area contributed by atoms with Gasteiger partial charge in [-0.1, -0.05) is 0 Å². The standard InChI is InChI=1S/C18H15N3O3S/c19-9-12(7-14-10-25-18(21-14)11-1-2-11)17(22)20-13-3-4-15-16(8-13)24-6-5-23-15/h3-4,7-8,10-11H,1-2,5-6H2,(H,20,22)/b12-7-. The minimum absolute atomic E-state index is 0.0162. The number of fused-ring (bicyclic) bond motifs is 1. The van der Waals surface area contributed by atoms with Gasteiger partial charge in [-0.25, -0.2) is 4.98 Å². The van der Waals surface area contributed by atoms with Crippen LogP contribution in [0.4, 0.5) is 5.69 Å². The molecule has 2 heterocycles. The SMILES string of the molecule is N#C/C(=C/c1csc(C2CC2)n1)C(=O)Nc1ccc2c(c1)OCCO2. The summed E-state index contributed by atoms with van der Waals surface area (Å²) in [5.74, 6) is 1.32. The zero-order valence-electron chi connectivity index (χ0n) is 13.3. The minimum atomic E-state index is -0.472. The van der Waals surface area contributed by atoms with E-state index < -0.39 is 5.91 Å². The van der Waals surface area contributed by atoms with Gasteiger partial charge < -0.3 is 14.8 Å². The fourth-order valence-corrected chi connectivity index (χ4v) is 3.45. The number of carbonyl (C=O) groups is 1. The summed E-state index contributed by atoms with van der Waals surface area (Å²) >= 11 is 1.58. The van der Waals surface area contributed by atoms with Crippen LogP contribution in [0.25, 0.3) is 6.08 Å². The minimum Gasteiger partial charge on any atom is -0.486 e. The molecule has 0 bridgehead atoms. The monoisotopic (exact) mass is 353 g/mol. The largest absolute Gasteiger partial charge is 0.486 e. The molecule has 1 amide bonds. The Morgan fingerprint density at radius 3 is 2.88 bits per heavy atom. The van der Waals surface area contributed by atoms with Crippen molar-refractivity contribution in [3.8, 4) is 17.6 Å². The van der Waals surface area contributed by atoms with E-state index in [2.05, 4.69) is 10.3 Å². The molecule has 1 fully saturated rings. The van der Waals surface area contributed by atoms with Gasteiger partial charge in [-0.2, -0.15) is 5.26 Å². The Kier molecular flexibility index (Phi) is 4.12. The van der Waals surface area contributed by atoms with Gasteiger partial charge >= 0.3 is 0 Å². The van der Waals surface area contributed by atoms with E-state index in [1.807, 2.05) is 11.4 Å². The molecule has 1 aliphatic carbocycles. The summed E-state index contributed by atoms with van der Waals surface area (Å²) in [6, 6.07) is 7.09. The molecular weight excluding hydrogens is 338 g/mol. The van der Waals surface area contributed by atoms with Gasteiger partial charge in [0.2, 0.25) is 0 Å². The van der Waals surface area contributed by atoms with Crippen molar-refractivity contribution in [3.63, 3.8) is 0 Å². The van der Waals surface area contributed by atoms with Gasteiger partial charge in [0.15, 0.2) is 11.5 Å². The van der Waals surface area contributed by atoms with E-state index in [4.69, 9.17) is 9.47 Å². The zero-order chi connectivity index (χ0) is 17.2. The Morgan fingerprint density at radius 1 is 1.32 bits per heavy atom. The van der Waals surface area contributed by atoms with Crippen LogP contribution in [-0.4, -0.2) is 24.1 Å². The number of aromatic nitrogens is 1. The second kappa shape index (κ2) is 6.57. The highest BCUT2D eigenvalue weighted by molar-refractivity contribution is 7.09. The van der Waals surface area contributed by atoms with Crippen molar-refractivity contribution in [3.05, 3.63) is 39.9 Å². The summed E-state index contributed by atoms with van der Waals surface area (Å²) in [6.07, 6.45) is 3.87. The highest BCUT2D eigenvalue weighted by Gasteiger charge is 2.26. The number of benzene rings is 1. The van der Waals surface area contributed by atoms with Crippen molar-refractivity contribution in [1.29, 1.82) is 5.26 Å². The molecule has 0 radical (unpaired) electrons. The molecule has 1 aliphatic heterocycles.